The van der Waals surface area contributed by atoms with Gasteiger partial charge in [-0.25, -0.2) is 14.3 Å². The summed E-state index contributed by atoms with van der Waals surface area (Å²) in [5.41, 5.74) is 5.54. The minimum Gasteiger partial charge on any atom is -0.461 e. The SMILES string of the molecule is CC(C)CC(=O)N[C@H](C(=O)OC[C@H]1O[C@@](C)(c2ccc3c(N)ncnn23)[C@H](O)[C@@H]1O)C(C)C. The quantitative estimate of drug-likeness (QED) is 0.405. The van der Waals surface area contributed by atoms with Crippen LogP contribution >= 0.6 is 0 Å². The topological polar surface area (TPSA) is 161 Å². The molecule has 33 heavy (non-hydrogen) atoms. The van der Waals surface area contributed by atoms with E-state index in [1.54, 1.807) is 32.9 Å². The Morgan fingerprint density at radius 3 is 2.64 bits per heavy atom. The number of nitrogen functional groups attached to an aromatic ring is 1. The second kappa shape index (κ2) is 9.62. The first-order valence-corrected chi connectivity index (χ1v) is 11.0. The molecule has 0 bridgehead atoms. The Kier molecular flexibility index (Phi) is 7.25. The molecule has 1 aliphatic rings. The van der Waals surface area contributed by atoms with Crippen molar-refractivity contribution in [1.29, 1.82) is 0 Å². The average Bonchev–Trinajstić information content (AvgIpc) is 3.27. The summed E-state index contributed by atoms with van der Waals surface area (Å²) in [6, 6.07) is 2.54. The largest absolute Gasteiger partial charge is 0.461 e. The van der Waals surface area contributed by atoms with Crippen LogP contribution in [0.2, 0.25) is 0 Å². The zero-order valence-corrected chi connectivity index (χ0v) is 19.6. The molecular weight excluding hydrogens is 430 g/mol. The first-order valence-electron chi connectivity index (χ1n) is 11.0. The van der Waals surface area contributed by atoms with Gasteiger partial charge in [0.2, 0.25) is 5.91 Å². The number of anilines is 1. The molecule has 1 fully saturated rings. The summed E-state index contributed by atoms with van der Waals surface area (Å²) in [6.07, 6.45) is -2.04. The van der Waals surface area contributed by atoms with Crippen molar-refractivity contribution in [2.24, 2.45) is 11.8 Å². The van der Waals surface area contributed by atoms with E-state index in [1.807, 2.05) is 13.8 Å². The van der Waals surface area contributed by atoms with Crippen molar-refractivity contribution in [3.8, 4) is 0 Å². The molecule has 11 heteroatoms. The highest BCUT2D eigenvalue weighted by Gasteiger charge is 2.54. The maximum Gasteiger partial charge on any atom is 0.328 e. The summed E-state index contributed by atoms with van der Waals surface area (Å²) in [7, 11) is 0. The van der Waals surface area contributed by atoms with Crippen molar-refractivity contribution in [2.75, 3.05) is 12.3 Å². The van der Waals surface area contributed by atoms with Gasteiger partial charge in [-0.05, 0) is 30.9 Å². The Hall–Kier alpha value is -2.76. The van der Waals surface area contributed by atoms with Gasteiger partial charge in [0.25, 0.3) is 0 Å². The van der Waals surface area contributed by atoms with Crippen LogP contribution in [0.4, 0.5) is 5.82 Å². The maximum atomic E-state index is 12.7. The third-order valence-corrected chi connectivity index (χ3v) is 5.88. The lowest BCUT2D eigenvalue weighted by Gasteiger charge is -2.27. The number of esters is 1. The van der Waals surface area contributed by atoms with Gasteiger partial charge in [0, 0.05) is 6.42 Å². The Balaban J connectivity index is 1.71. The number of ether oxygens (including phenoxy) is 2. The van der Waals surface area contributed by atoms with E-state index in [0.29, 0.717) is 17.6 Å². The lowest BCUT2D eigenvalue weighted by Crippen LogP contribution is -2.46. The second-order valence-electron chi connectivity index (χ2n) is 9.38. The van der Waals surface area contributed by atoms with Crippen LogP contribution in [-0.2, 0) is 24.7 Å². The van der Waals surface area contributed by atoms with E-state index in [0.717, 1.165) is 0 Å². The normalized spacial score (nSPS) is 26.2. The monoisotopic (exact) mass is 463 g/mol. The van der Waals surface area contributed by atoms with Gasteiger partial charge in [0.15, 0.2) is 5.82 Å². The predicted molar refractivity (Wildman–Crippen MR) is 119 cm³/mol. The van der Waals surface area contributed by atoms with E-state index < -0.39 is 35.9 Å². The fraction of sp³-hybridized carbons (Fsp3) is 0.636. The second-order valence-corrected chi connectivity index (χ2v) is 9.38. The van der Waals surface area contributed by atoms with E-state index in [4.69, 9.17) is 15.2 Å². The smallest absolute Gasteiger partial charge is 0.328 e. The van der Waals surface area contributed by atoms with Gasteiger partial charge in [-0.2, -0.15) is 5.10 Å². The molecule has 5 N–H and O–H groups in total. The summed E-state index contributed by atoms with van der Waals surface area (Å²) in [6.45, 7) is 8.75. The first kappa shape index (κ1) is 24.9. The molecular formula is C22H33N5O6. The van der Waals surface area contributed by atoms with E-state index >= 15 is 0 Å². The molecule has 2 aromatic heterocycles. The van der Waals surface area contributed by atoms with Gasteiger partial charge in [-0.1, -0.05) is 27.7 Å². The lowest BCUT2D eigenvalue weighted by atomic mass is 9.93. The molecule has 1 aliphatic heterocycles. The molecule has 3 rings (SSSR count). The first-order chi connectivity index (χ1) is 15.5. The molecule has 0 spiro atoms. The van der Waals surface area contributed by atoms with Crippen LogP contribution in [0.5, 0.6) is 0 Å². The van der Waals surface area contributed by atoms with Crippen molar-refractivity contribution in [2.45, 2.75) is 71.0 Å². The van der Waals surface area contributed by atoms with Gasteiger partial charge in [-0.15, -0.1) is 0 Å². The lowest BCUT2D eigenvalue weighted by molar-refractivity contribution is -0.156. The molecule has 0 aliphatic carbocycles. The minimum absolute atomic E-state index is 0.154. The number of nitrogens with zero attached hydrogens (tertiary/aromatic N) is 3. The molecule has 11 nitrogen and oxygen atoms in total. The number of hydrogen-bond acceptors (Lipinski definition) is 9. The Bertz CT molecular complexity index is 1010. The average molecular weight is 464 g/mol. The van der Waals surface area contributed by atoms with E-state index in [1.165, 1.54) is 10.8 Å². The van der Waals surface area contributed by atoms with Crippen molar-refractivity contribution in [1.82, 2.24) is 19.9 Å². The number of rotatable bonds is 8. The highest BCUT2D eigenvalue weighted by atomic mass is 16.6. The van der Waals surface area contributed by atoms with Crippen LogP contribution in [0.1, 0.15) is 46.7 Å². The molecule has 1 saturated heterocycles. The van der Waals surface area contributed by atoms with Crippen LogP contribution in [0.3, 0.4) is 0 Å². The third-order valence-electron chi connectivity index (χ3n) is 5.88. The van der Waals surface area contributed by atoms with Crippen LogP contribution in [-0.4, -0.2) is 67.6 Å². The Labute approximate surface area is 192 Å². The standard InChI is InChI=1S/C22H33N5O6/c1-11(2)8-16(28)26-17(12(3)4)21(31)32-9-14-18(29)19(30)22(5,33-14)15-7-6-13-20(23)24-10-25-27(13)15/h6-7,10-12,14,17-19,29-30H,8-9H2,1-5H3,(H,26,28)(H2,23,24,25)/t14-,17+,18-,19-,22+/m1/s1. The van der Waals surface area contributed by atoms with E-state index in [9.17, 15) is 19.8 Å². The van der Waals surface area contributed by atoms with Crippen LogP contribution in [0.25, 0.3) is 5.52 Å². The molecule has 0 saturated carbocycles. The Morgan fingerprint density at radius 1 is 1.30 bits per heavy atom. The number of carbonyl (C=O) groups excluding carboxylic acids is 2. The third kappa shape index (κ3) is 4.94. The number of nitrogens with one attached hydrogen (secondary N) is 1. The minimum atomic E-state index is -1.34. The highest BCUT2D eigenvalue weighted by molar-refractivity contribution is 5.84. The number of nitrogens with two attached hydrogens (primary N) is 1. The number of amides is 1. The number of carbonyl (C=O) groups is 2. The number of fused-ring (bicyclic) bond motifs is 1. The molecule has 0 aromatic carbocycles. The van der Waals surface area contributed by atoms with Crippen LogP contribution < -0.4 is 11.1 Å². The summed E-state index contributed by atoms with van der Waals surface area (Å²) in [5, 5.41) is 28.3. The fourth-order valence-corrected chi connectivity index (χ4v) is 4.01. The number of aliphatic hydroxyl groups is 2. The van der Waals surface area contributed by atoms with Gasteiger partial charge in [-0.3, -0.25) is 4.79 Å². The van der Waals surface area contributed by atoms with Gasteiger partial charge < -0.3 is 30.7 Å². The van der Waals surface area contributed by atoms with Crippen molar-refractivity contribution >= 4 is 23.2 Å². The number of aromatic nitrogens is 3. The number of aliphatic hydroxyl groups excluding tert-OH is 2. The van der Waals surface area contributed by atoms with Gasteiger partial charge in [0.05, 0.1) is 5.69 Å². The van der Waals surface area contributed by atoms with Crippen LogP contribution in [0, 0.1) is 11.8 Å². The van der Waals surface area contributed by atoms with E-state index in [-0.39, 0.29) is 30.2 Å². The van der Waals surface area contributed by atoms with Crippen molar-refractivity contribution in [3.63, 3.8) is 0 Å². The fourth-order valence-electron chi connectivity index (χ4n) is 4.01. The summed E-state index contributed by atoms with van der Waals surface area (Å²) >= 11 is 0. The molecule has 3 heterocycles. The maximum absolute atomic E-state index is 12.7. The predicted octanol–water partition coefficient (Wildman–Crippen LogP) is 0.377. The zero-order valence-electron chi connectivity index (χ0n) is 19.6. The molecule has 2 aromatic rings. The molecule has 182 valence electrons. The van der Waals surface area contributed by atoms with Crippen molar-refractivity contribution < 1.29 is 29.3 Å². The number of hydrogen-bond donors (Lipinski definition) is 4. The summed E-state index contributed by atoms with van der Waals surface area (Å²) in [5.74, 6) is -0.647. The molecule has 0 unspecified atom stereocenters. The van der Waals surface area contributed by atoms with Crippen molar-refractivity contribution in [3.05, 3.63) is 24.2 Å². The molecule has 5 atom stereocenters. The summed E-state index contributed by atoms with van der Waals surface area (Å²) < 4.78 is 12.9. The summed E-state index contributed by atoms with van der Waals surface area (Å²) in [4.78, 5) is 28.8. The van der Waals surface area contributed by atoms with E-state index in [2.05, 4.69) is 15.4 Å². The van der Waals surface area contributed by atoms with Gasteiger partial charge >= 0.3 is 5.97 Å². The highest BCUT2D eigenvalue weighted by Crippen LogP contribution is 2.40. The van der Waals surface area contributed by atoms with Crippen LogP contribution in [0.15, 0.2) is 18.5 Å². The molecule has 1 amide bonds. The Morgan fingerprint density at radius 2 is 2.00 bits per heavy atom. The molecule has 0 radical (unpaired) electrons. The van der Waals surface area contributed by atoms with Gasteiger partial charge in [0.1, 0.15) is 48.4 Å². The zero-order chi connectivity index (χ0) is 24.5.